The van der Waals surface area contributed by atoms with Crippen LogP contribution in [0, 0.1) is 11.3 Å². The minimum atomic E-state index is -0.0269. The van der Waals surface area contributed by atoms with E-state index in [9.17, 15) is 0 Å². The zero-order valence-electron chi connectivity index (χ0n) is 11.9. The number of aromatic nitrogens is 1. The number of halogens is 1. The Bertz CT molecular complexity index is 630. The average molecular weight is 305 g/mol. The van der Waals surface area contributed by atoms with Gasteiger partial charge in [0.05, 0.1) is 23.2 Å². The van der Waals surface area contributed by atoms with Gasteiger partial charge < -0.3 is 0 Å². The van der Waals surface area contributed by atoms with E-state index in [0.717, 1.165) is 27.0 Å². The Hall–Kier alpha value is -1.37. The highest BCUT2D eigenvalue weighted by Crippen LogP contribution is 2.31. The first-order valence-corrected chi connectivity index (χ1v) is 7.70. The predicted molar refractivity (Wildman–Crippen MR) is 84.4 cm³/mol. The van der Waals surface area contributed by atoms with Crippen LogP contribution < -0.4 is 0 Å². The number of nitriles is 1. The maximum Gasteiger partial charge on any atom is 0.0975 e. The van der Waals surface area contributed by atoms with E-state index in [1.807, 2.05) is 24.3 Å². The minimum absolute atomic E-state index is 0.0269. The highest BCUT2D eigenvalue weighted by Gasteiger charge is 2.23. The van der Waals surface area contributed by atoms with Crippen molar-refractivity contribution >= 4 is 22.9 Å². The largest absolute Gasteiger partial charge is 0.245 e. The molecule has 0 bridgehead atoms. The molecule has 0 atom stereocenters. The molecule has 0 unspecified atom stereocenters. The van der Waals surface area contributed by atoms with Crippen molar-refractivity contribution in [1.82, 2.24) is 4.98 Å². The van der Waals surface area contributed by atoms with E-state index in [1.54, 1.807) is 11.3 Å². The van der Waals surface area contributed by atoms with Gasteiger partial charge in [-0.1, -0.05) is 44.5 Å². The van der Waals surface area contributed by atoms with E-state index in [4.69, 9.17) is 21.8 Å². The van der Waals surface area contributed by atoms with Gasteiger partial charge in [0.2, 0.25) is 0 Å². The molecule has 1 aromatic heterocycles. The fraction of sp³-hybridized carbons (Fsp3) is 0.375. The molecule has 0 spiro atoms. The highest BCUT2D eigenvalue weighted by molar-refractivity contribution is 7.11. The summed E-state index contributed by atoms with van der Waals surface area (Å²) in [4.78, 5) is 5.84. The van der Waals surface area contributed by atoms with Crippen molar-refractivity contribution < 1.29 is 0 Å². The van der Waals surface area contributed by atoms with Crippen molar-refractivity contribution in [3.8, 4) is 6.07 Å². The molecule has 2 nitrogen and oxygen atoms in total. The summed E-state index contributed by atoms with van der Waals surface area (Å²) >= 11 is 7.54. The summed E-state index contributed by atoms with van der Waals surface area (Å²) in [5.41, 5.74) is 2.21. The van der Waals surface area contributed by atoms with Crippen LogP contribution in [0.25, 0.3) is 0 Å². The fourth-order valence-electron chi connectivity index (χ4n) is 2.03. The Kier molecular flexibility index (Phi) is 4.47. The topological polar surface area (TPSA) is 36.7 Å². The lowest BCUT2D eigenvalue weighted by atomic mass is 9.91. The van der Waals surface area contributed by atoms with Crippen LogP contribution >= 0.6 is 22.9 Å². The zero-order chi connectivity index (χ0) is 14.8. The first-order chi connectivity index (χ1) is 9.40. The molecule has 0 fully saturated rings. The number of benzene rings is 1. The second-order valence-corrected chi connectivity index (χ2v) is 7.37. The van der Waals surface area contributed by atoms with Crippen LogP contribution in [0.4, 0.5) is 0 Å². The van der Waals surface area contributed by atoms with E-state index in [1.165, 1.54) is 5.56 Å². The van der Waals surface area contributed by atoms with E-state index in [-0.39, 0.29) is 5.41 Å². The van der Waals surface area contributed by atoms with Crippen molar-refractivity contribution in [2.75, 3.05) is 0 Å². The van der Waals surface area contributed by atoms with E-state index in [0.29, 0.717) is 6.42 Å². The number of thiazole rings is 1. The Morgan fingerprint density at radius 3 is 2.45 bits per heavy atom. The third-order valence-electron chi connectivity index (χ3n) is 2.96. The maximum absolute atomic E-state index is 8.95. The molecule has 0 aliphatic heterocycles. The van der Waals surface area contributed by atoms with Crippen molar-refractivity contribution in [2.45, 2.75) is 39.0 Å². The summed E-state index contributed by atoms with van der Waals surface area (Å²) in [6.45, 7) is 6.40. The number of hydrogen-bond donors (Lipinski definition) is 0. The molecule has 0 saturated heterocycles. The Labute approximate surface area is 129 Å². The lowest BCUT2D eigenvalue weighted by molar-refractivity contribution is 0.566. The minimum Gasteiger partial charge on any atom is -0.245 e. The molecule has 104 valence electrons. The second-order valence-electron chi connectivity index (χ2n) is 5.77. The highest BCUT2D eigenvalue weighted by atomic mass is 35.5. The summed E-state index contributed by atoms with van der Waals surface area (Å²) in [6.07, 6.45) is 1.22. The van der Waals surface area contributed by atoms with Crippen LogP contribution in [0.5, 0.6) is 0 Å². The summed E-state index contributed by atoms with van der Waals surface area (Å²) in [5.74, 6) is 0. The molecule has 0 N–H and O–H groups in total. The fourth-order valence-corrected chi connectivity index (χ4v) is 3.40. The second kappa shape index (κ2) is 5.95. The van der Waals surface area contributed by atoms with Gasteiger partial charge in [0.1, 0.15) is 0 Å². The van der Waals surface area contributed by atoms with Crippen molar-refractivity contribution in [3.05, 3.63) is 50.4 Å². The molecule has 1 heterocycles. The summed E-state index contributed by atoms with van der Waals surface area (Å²) in [7, 11) is 0. The molecular formula is C16H17ClN2S. The van der Waals surface area contributed by atoms with E-state index < -0.39 is 0 Å². The van der Waals surface area contributed by atoms with Crippen molar-refractivity contribution in [3.63, 3.8) is 0 Å². The maximum atomic E-state index is 8.95. The smallest absolute Gasteiger partial charge is 0.0975 e. The summed E-state index contributed by atoms with van der Waals surface area (Å²) in [6, 6.07) is 10.1. The van der Waals surface area contributed by atoms with Crippen LogP contribution in [0.1, 0.15) is 41.9 Å². The summed E-state index contributed by atoms with van der Waals surface area (Å²) < 4.78 is 0. The molecule has 20 heavy (non-hydrogen) atoms. The third kappa shape index (κ3) is 3.59. The molecule has 2 rings (SSSR count). The van der Waals surface area contributed by atoms with Gasteiger partial charge in [-0.05, 0) is 17.7 Å². The quantitative estimate of drug-likeness (QED) is 0.820. The monoisotopic (exact) mass is 304 g/mol. The number of nitrogens with zero attached hydrogens (tertiary/aromatic N) is 2. The standard InChI is InChI=1S/C16H17ClN2S/c1-16(2,3)15-13(8-9-18)20-14(19-15)10-11-4-6-12(17)7-5-11/h4-7H,8,10H2,1-3H3. The molecule has 0 aliphatic carbocycles. The molecule has 2 aromatic rings. The van der Waals surface area contributed by atoms with E-state index >= 15 is 0 Å². The van der Waals surface area contributed by atoms with Gasteiger partial charge >= 0.3 is 0 Å². The molecule has 0 amide bonds. The van der Waals surface area contributed by atoms with Crippen LogP contribution in [-0.4, -0.2) is 4.98 Å². The van der Waals surface area contributed by atoms with Gasteiger partial charge in [0.15, 0.2) is 0 Å². The van der Waals surface area contributed by atoms with Gasteiger partial charge in [0.25, 0.3) is 0 Å². The molecular weight excluding hydrogens is 288 g/mol. The molecule has 0 aliphatic rings. The number of rotatable bonds is 3. The normalized spacial score (nSPS) is 11.3. The molecule has 0 saturated carbocycles. The van der Waals surface area contributed by atoms with Gasteiger partial charge in [-0.25, -0.2) is 4.98 Å². The van der Waals surface area contributed by atoms with E-state index in [2.05, 4.69) is 26.8 Å². The third-order valence-corrected chi connectivity index (χ3v) is 4.27. The lowest BCUT2D eigenvalue weighted by Crippen LogP contribution is -2.14. The Morgan fingerprint density at radius 1 is 1.25 bits per heavy atom. The van der Waals surface area contributed by atoms with Gasteiger partial charge in [-0.15, -0.1) is 11.3 Å². The lowest BCUT2D eigenvalue weighted by Gasteiger charge is -2.16. The van der Waals surface area contributed by atoms with Crippen LogP contribution in [-0.2, 0) is 18.3 Å². The Morgan fingerprint density at radius 2 is 1.90 bits per heavy atom. The van der Waals surface area contributed by atoms with Gasteiger partial charge in [-0.3, -0.25) is 0 Å². The SMILES string of the molecule is CC(C)(C)c1nc(Cc2ccc(Cl)cc2)sc1CC#N. The average Bonchev–Trinajstić information content (AvgIpc) is 2.75. The Balaban J connectivity index is 2.29. The molecule has 0 radical (unpaired) electrons. The first kappa shape index (κ1) is 15.0. The zero-order valence-corrected chi connectivity index (χ0v) is 13.5. The van der Waals surface area contributed by atoms with Crippen LogP contribution in [0.2, 0.25) is 5.02 Å². The first-order valence-electron chi connectivity index (χ1n) is 6.50. The summed E-state index contributed by atoms with van der Waals surface area (Å²) in [5, 5.41) is 10.8. The van der Waals surface area contributed by atoms with Gasteiger partial charge in [0, 0.05) is 21.7 Å². The molecule has 1 aromatic carbocycles. The van der Waals surface area contributed by atoms with Crippen LogP contribution in [0.15, 0.2) is 24.3 Å². The predicted octanol–water partition coefficient (Wildman–Crippen LogP) is 4.75. The van der Waals surface area contributed by atoms with Crippen LogP contribution in [0.3, 0.4) is 0 Å². The van der Waals surface area contributed by atoms with Crippen molar-refractivity contribution in [2.24, 2.45) is 0 Å². The number of hydrogen-bond acceptors (Lipinski definition) is 3. The van der Waals surface area contributed by atoms with Crippen molar-refractivity contribution in [1.29, 1.82) is 5.26 Å². The molecule has 4 heteroatoms. The van der Waals surface area contributed by atoms with Gasteiger partial charge in [-0.2, -0.15) is 5.26 Å².